The number of carboxylic acid groups (broad SMARTS) is 1. The highest BCUT2D eigenvalue weighted by Gasteiger charge is 2.25. The van der Waals surface area contributed by atoms with Gasteiger partial charge in [-0.1, -0.05) is 139 Å². The van der Waals surface area contributed by atoms with Gasteiger partial charge >= 0.3 is 11.9 Å². The van der Waals surface area contributed by atoms with Crippen molar-refractivity contribution in [3.63, 3.8) is 0 Å². The Morgan fingerprint density at radius 1 is 0.536 bits per heavy atom. The fraction of sp³-hybridized carbons (Fsp3) is 0.729. The Bertz CT molecular complexity index is 1100. The number of ether oxygens (including phenoxy) is 3. The van der Waals surface area contributed by atoms with Gasteiger partial charge in [-0.3, -0.25) is 9.59 Å². The molecule has 0 rings (SSSR count). The number of allylic oxidation sites excluding steroid dienone is 10. The standard InChI is InChI=1S/C48H83NO7/c1-6-8-10-12-14-16-18-20-22-23-25-27-29-31-33-35-37-39-47(51)56-44(42-54-41-40-45(48(52)53)49(3,4)5)43-55-46(50)38-36-34-32-30-28-26-24-21-19-17-15-13-11-9-7-2/h14,16-17,19-20,22,25,27,31,33,44-45H,6-13,15,18,21,23-24,26,28-30,32,34-43H2,1-5H3/b16-14+,19-17+,22-20+,27-25+,33-31+. The maximum absolute atomic E-state index is 12.7. The van der Waals surface area contributed by atoms with E-state index >= 15 is 0 Å². The van der Waals surface area contributed by atoms with E-state index in [1.165, 1.54) is 89.9 Å². The molecule has 0 saturated heterocycles. The molecule has 0 aromatic heterocycles. The monoisotopic (exact) mass is 786 g/mol. The van der Waals surface area contributed by atoms with Crippen molar-refractivity contribution in [1.82, 2.24) is 0 Å². The number of carbonyl (C=O) groups excluding carboxylic acids is 3. The molecule has 56 heavy (non-hydrogen) atoms. The van der Waals surface area contributed by atoms with Gasteiger partial charge in [-0.15, -0.1) is 0 Å². The lowest BCUT2D eigenvalue weighted by atomic mass is 10.1. The van der Waals surface area contributed by atoms with E-state index in [0.29, 0.717) is 12.8 Å². The van der Waals surface area contributed by atoms with Gasteiger partial charge in [-0.05, 0) is 77.0 Å². The van der Waals surface area contributed by atoms with E-state index in [0.717, 1.165) is 44.9 Å². The molecule has 0 N–H and O–H groups in total. The van der Waals surface area contributed by atoms with Crippen LogP contribution in [0.5, 0.6) is 0 Å². The van der Waals surface area contributed by atoms with Crippen molar-refractivity contribution in [2.24, 2.45) is 0 Å². The lowest BCUT2D eigenvalue weighted by molar-refractivity contribution is -0.889. The van der Waals surface area contributed by atoms with Crippen LogP contribution in [-0.4, -0.2) is 75.5 Å². The highest BCUT2D eigenvalue weighted by atomic mass is 16.6. The Kier molecular flexibility index (Phi) is 36.8. The molecule has 2 unspecified atom stereocenters. The maximum atomic E-state index is 12.7. The van der Waals surface area contributed by atoms with Gasteiger partial charge in [0, 0.05) is 19.3 Å². The van der Waals surface area contributed by atoms with Crippen LogP contribution < -0.4 is 5.11 Å². The van der Waals surface area contributed by atoms with Crippen molar-refractivity contribution in [2.75, 3.05) is 41.0 Å². The summed E-state index contributed by atoms with van der Waals surface area (Å²) < 4.78 is 17.1. The van der Waals surface area contributed by atoms with Crippen molar-refractivity contribution in [2.45, 2.75) is 187 Å². The SMILES string of the molecule is CCCCC/C=C/C/C=C/C/C=C/C/C=C/CCCC(=O)OC(COCCC(C(=O)[O-])[N+](C)(C)C)COC(=O)CCCCCCCCC/C=C/CCCCCC. The van der Waals surface area contributed by atoms with Gasteiger partial charge in [0.05, 0.1) is 40.3 Å². The van der Waals surface area contributed by atoms with E-state index in [4.69, 9.17) is 14.2 Å². The van der Waals surface area contributed by atoms with Gasteiger partial charge < -0.3 is 28.6 Å². The molecule has 0 aliphatic carbocycles. The quantitative estimate of drug-likeness (QED) is 0.0265. The van der Waals surface area contributed by atoms with Crippen LogP contribution in [0.25, 0.3) is 0 Å². The van der Waals surface area contributed by atoms with Gasteiger partial charge in [0.1, 0.15) is 12.6 Å². The number of aliphatic carboxylic acids is 1. The zero-order valence-electron chi connectivity index (χ0n) is 36.5. The summed E-state index contributed by atoms with van der Waals surface area (Å²) in [7, 11) is 5.38. The van der Waals surface area contributed by atoms with E-state index < -0.39 is 18.1 Å². The third kappa shape index (κ3) is 36.7. The summed E-state index contributed by atoms with van der Waals surface area (Å²) in [5.74, 6) is -1.82. The Hall–Kier alpha value is -2.97. The summed E-state index contributed by atoms with van der Waals surface area (Å²) in [4.78, 5) is 36.8. The van der Waals surface area contributed by atoms with Gasteiger partial charge in [0.25, 0.3) is 0 Å². The van der Waals surface area contributed by atoms with Crippen LogP contribution in [0.15, 0.2) is 60.8 Å². The molecule has 0 bridgehead atoms. The maximum Gasteiger partial charge on any atom is 0.306 e. The number of unbranched alkanes of at least 4 members (excludes halogenated alkanes) is 15. The van der Waals surface area contributed by atoms with Crippen LogP contribution in [0.2, 0.25) is 0 Å². The molecule has 0 aromatic carbocycles. The fourth-order valence-electron chi connectivity index (χ4n) is 6.12. The molecule has 0 aromatic rings. The summed E-state index contributed by atoms with van der Waals surface area (Å²) in [6, 6.07) is -0.737. The molecule has 0 radical (unpaired) electrons. The molecule has 8 heteroatoms. The van der Waals surface area contributed by atoms with Crippen LogP contribution in [0.3, 0.4) is 0 Å². The smallest absolute Gasteiger partial charge is 0.306 e. The first-order valence-electron chi connectivity index (χ1n) is 22.3. The predicted molar refractivity (Wildman–Crippen MR) is 231 cm³/mol. The Labute approximate surface area is 343 Å². The molecule has 2 atom stereocenters. The highest BCUT2D eigenvalue weighted by Crippen LogP contribution is 2.13. The molecule has 0 heterocycles. The van der Waals surface area contributed by atoms with Crippen molar-refractivity contribution < 1.29 is 38.2 Å². The zero-order valence-corrected chi connectivity index (χ0v) is 36.5. The fourth-order valence-corrected chi connectivity index (χ4v) is 6.12. The molecule has 0 saturated carbocycles. The van der Waals surface area contributed by atoms with Crippen molar-refractivity contribution in [1.29, 1.82) is 0 Å². The third-order valence-electron chi connectivity index (χ3n) is 9.63. The summed E-state index contributed by atoms with van der Waals surface area (Å²) in [6.45, 7) is 4.55. The molecule has 0 amide bonds. The topological polar surface area (TPSA) is 102 Å². The van der Waals surface area contributed by atoms with Gasteiger partial charge in [-0.25, -0.2) is 0 Å². The minimum atomic E-state index is -1.14. The Balaban J connectivity index is 4.46. The largest absolute Gasteiger partial charge is 0.544 e. The van der Waals surface area contributed by atoms with Crippen LogP contribution in [0.1, 0.15) is 174 Å². The van der Waals surface area contributed by atoms with Gasteiger partial charge in [0.2, 0.25) is 0 Å². The third-order valence-corrected chi connectivity index (χ3v) is 9.63. The number of nitrogens with zero attached hydrogens (tertiary/aromatic N) is 1. The van der Waals surface area contributed by atoms with E-state index in [-0.39, 0.29) is 49.1 Å². The molecular weight excluding hydrogens is 703 g/mol. The molecule has 322 valence electrons. The zero-order chi connectivity index (χ0) is 41.4. The molecule has 0 aliphatic heterocycles. The molecule has 0 spiro atoms. The van der Waals surface area contributed by atoms with Crippen LogP contribution in [0, 0.1) is 0 Å². The number of hydrogen-bond donors (Lipinski definition) is 0. The van der Waals surface area contributed by atoms with Crippen molar-refractivity contribution in [3.8, 4) is 0 Å². The van der Waals surface area contributed by atoms with Crippen molar-refractivity contribution >= 4 is 17.9 Å². The average Bonchev–Trinajstić information content (AvgIpc) is 3.15. The number of likely N-dealkylation sites (N-methyl/N-ethyl adjacent to an activating group) is 1. The number of rotatable bonds is 39. The molecular formula is C48H83NO7. The summed E-state index contributed by atoms with van der Waals surface area (Å²) in [5.41, 5.74) is 0. The summed E-state index contributed by atoms with van der Waals surface area (Å²) in [5, 5.41) is 11.6. The number of carboxylic acids is 1. The van der Waals surface area contributed by atoms with Crippen molar-refractivity contribution in [3.05, 3.63) is 60.8 Å². The van der Waals surface area contributed by atoms with Crippen LogP contribution >= 0.6 is 0 Å². The second-order valence-electron chi connectivity index (χ2n) is 15.9. The number of quaternary nitrogens is 1. The average molecular weight is 786 g/mol. The van der Waals surface area contributed by atoms with E-state index in [2.05, 4.69) is 74.6 Å². The van der Waals surface area contributed by atoms with Crippen LogP contribution in [-0.2, 0) is 28.6 Å². The minimum absolute atomic E-state index is 0.0157. The highest BCUT2D eigenvalue weighted by molar-refractivity contribution is 5.70. The Morgan fingerprint density at radius 3 is 1.50 bits per heavy atom. The van der Waals surface area contributed by atoms with Gasteiger partial charge in [-0.2, -0.15) is 0 Å². The van der Waals surface area contributed by atoms with E-state index in [9.17, 15) is 19.5 Å². The number of carbonyl (C=O) groups is 3. The normalized spacial score (nSPS) is 13.5. The van der Waals surface area contributed by atoms with E-state index in [1.807, 2.05) is 0 Å². The predicted octanol–water partition coefficient (Wildman–Crippen LogP) is 10.9. The summed E-state index contributed by atoms with van der Waals surface area (Å²) >= 11 is 0. The Morgan fingerprint density at radius 2 is 0.964 bits per heavy atom. The van der Waals surface area contributed by atoms with Crippen LogP contribution in [0.4, 0.5) is 0 Å². The van der Waals surface area contributed by atoms with Gasteiger partial charge in [0.15, 0.2) is 6.10 Å². The first-order chi connectivity index (χ1) is 27.1. The first-order valence-corrected chi connectivity index (χ1v) is 22.3. The second-order valence-corrected chi connectivity index (χ2v) is 15.9. The minimum Gasteiger partial charge on any atom is -0.544 e. The first kappa shape index (κ1) is 53.0. The van der Waals surface area contributed by atoms with E-state index in [1.54, 1.807) is 21.1 Å². The number of esters is 2. The second kappa shape index (κ2) is 38.9. The summed E-state index contributed by atoms with van der Waals surface area (Å²) in [6.07, 6.45) is 46.7. The molecule has 8 nitrogen and oxygen atoms in total. The lowest BCUT2D eigenvalue weighted by Crippen LogP contribution is -2.55. The molecule has 0 aliphatic rings. The molecule has 0 fully saturated rings. The number of hydrogen-bond acceptors (Lipinski definition) is 7. The lowest BCUT2D eigenvalue weighted by Gasteiger charge is -2.34.